The fourth-order valence-corrected chi connectivity index (χ4v) is 2.59. The van der Waals surface area contributed by atoms with Crippen LogP contribution in [0.3, 0.4) is 0 Å². The van der Waals surface area contributed by atoms with Crippen molar-refractivity contribution in [2.24, 2.45) is 0 Å². The molecule has 6 nitrogen and oxygen atoms in total. The zero-order valence-corrected chi connectivity index (χ0v) is 13.1. The van der Waals surface area contributed by atoms with E-state index in [2.05, 4.69) is 34.1 Å². The van der Waals surface area contributed by atoms with Gasteiger partial charge in [-0.15, -0.1) is 0 Å². The number of nitrogens with two attached hydrogens (primary N) is 1. The minimum Gasteiger partial charge on any atom is -0.495 e. The third-order valence-electron chi connectivity index (χ3n) is 2.80. The Hall–Kier alpha value is -2.02. The van der Waals surface area contributed by atoms with Crippen LogP contribution in [-0.4, -0.2) is 27.8 Å². The summed E-state index contributed by atoms with van der Waals surface area (Å²) in [6.45, 7) is 4.15. The number of nitrogen functional groups attached to an aromatic ring is 1. The first-order valence-corrected chi connectivity index (χ1v) is 7.72. The molecule has 21 heavy (non-hydrogen) atoms. The van der Waals surface area contributed by atoms with E-state index in [1.807, 2.05) is 24.3 Å². The smallest absolute Gasteiger partial charge is 0.232 e. The van der Waals surface area contributed by atoms with Gasteiger partial charge in [-0.2, -0.15) is 26.7 Å². The average molecular weight is 305 g/mol. The van der Waals surface area contributed by atoms with Gasteiger partial charge in [-0.3, -0.25) is 0 Å². The molecule has 0 bridgehead atoms. The van der Waals surface area contributed by atoms with Gasteiger partial charge in [-0.1, -0.05) is 19.1 Å². The standard InChI is InChI=1S/C14H19N5OS/c1-4-21-9(2)12-17-13(15)19-14(18-12)16-10-7-5-6-8-11(10)20-3/h5-9H,4H2,1-3H3,(H3,15,16,17,18,19)/t9-/m0/s1. The second-order valence-electron chi connectivity index (χ2n) is 4.30. The molecule has 1 aromatic heterocycles. The number of hydrogen-bond donors (Lipinski definition) is 2. The van der Waals surface area contributed by atoms with Crippen LogP contribution in [0, 0.1) is 0 Å². The zero-order chi connectivity index (χ0) is 15.2. The van der Waals surface area contributed by atoms with E-state index in [1.54, 1.807) is 18.9 Å². The minimum atomic E-state index is 0.165. The predicted octanol–water partition coefficient (Wildman–Crippen LogP) is 3.02. The molecule has 112 valence electrons. The van der Waals surface area contributed by atoms with Crippen molar-refractivity contribution in [3.63, 3.8) is 0 Å². The van der Waals surface area contributed by atoms with Gasteiger partial charge in [0.2, 0.25) is 11.9 Å². The monoisotopic (exact) mass is 305 g/mol. The van der Waals surface area contributed by atoms with Crippen LogP contribution in [-0.2, 0) is 0 Å². The maximum Gasteiger partial charge on any atom is 0.232 e. The highest BCUT2D eigenvalue weighted by Crippen LogP contribution is 2.28. The number of thioether (sulfide) groups is 1. The van der Waals surface area contributed by atoms with Gasteiger partial charge < -0.3 is 15.8 Å². The van der Waals surface area contributed by atoms with Crippen molar-refractivity contribution in [1.29, 1.82) is 0 Å². The van der Waals surface area contributed by atoms with Crippen molar-refractivity contribution in [2.75, 3.05) is 23.9 Å². The molecule has 0 saturated heterocycles. The Morgan fingerprint density at radius 3 is 2.76 bits per heavy atom. The van der Waals surface area contributed by atoms with Crippen LogP contribution < -0.4 is 15.8 Å². The second-order valence-corrected chi connectivity index (χ2v) is 5.92. The number of nitrogens with zero attached hydrogens (tertiary/aromatic N) is 3. The van der Waals surface area contributed by atoms with Crippen LogP contribution in [0.4, 0.5) is 17.6 Å². The number of benzene rings is 1. The van der Waals surface area contributed by atoms with Gasteiger partial charge in [-0.25, -0.2) is 0 Å². The van der Waals surface area contributed by atoms with Crippen LogP contribution in [0.25, 0.3) is 0 Å². The summed E-state index contributed by atoms with van der Waals surface area (Å²) >= 11 is 1.75. The highest BCUT2D eigenvalue weighted by atomic mass is 32.2. The lowest BCUT2D eigenvalue weighted by Gasteiger charge is -2.12. The van der Waals surface area contributed by atoms with Crippen LogP contribution >= 0.6 is 11.8 Å². The number of hydrogen-bond acceptors (Lipinski definition) is 7. The topological polar surface area (TPSA) is 86.0 Å². The summed E-state index contributed by atoms with van der Waals surface area (Å²) < 4.78 is 5.29. The molecular formula is C14H19N5OS. The Morgan fingerprint density at radius 1 is 1.29 bits per heavy atom. The molecule has 1 heterocycles. The van der Waals surface area contributed by atoms with E-state index in [1.165, 1.54) is 0 Å². The van der Waals surface area contributed by atoms with Crippen molar-refractivity contribution < 1.29 is 4.74 Å². The SMILES string of the molecule is CCS[C@@H](C)c1nc(N)nc(Nc2ccccc2OC)n1. The summed E-state index contributed by atoms with van der Waals surface area (Å²) in [6, 6.07) is 7.56. The van der Waals surface area contributed by atoms with E-state index in [-0.39, 0.29) is 11.2 Å². The van der Waals surface area contributed by atoms with Gasteiger partial charge in [-0.05, 0) is 24.8 Å². The third-order valence-corrected chi connectivity index (χ3v) is 3.85. The summed E-state index contributed by atoms with van der Waals surface area (Å²) in [5, 5.41) is 3.29. The first kappa shape index (κ1) is 15.4. The summed E-state index contributed by atoms with van der Waals surface area (Å²) in [4.78, 5) is 12.8. The number of aromatic nitrogens is 3. The van der Waals surface area contributed by atoms with E-state index in [9.17, 15) is 0 Å². The average Bonchev–Trinajstić information content (AvgIpc) is 2.47. The number of rotatable bonds is 6. The molecule has 0 fully saturated rings. The lowest BCUT2D eigenvalue weighted by atomic mass is 10.3. The molecule has 0 spiro atoms. The fraction of sp³-hybridized carbons (Fsp3) is 0.357. The first-order valence-electron chi connectivity index (χ1n) is 6.67. The van der Waals surface area contributed by atoms with Crippen LogP contribution in [0.15, 0.2) is 24.3 Å². The van der Waals surface area contributed by atoms with Crippen LogP contribution in [0.1, 0.15) is 24.9 Å². The van der Waals surface area contributed by atoms with Crippen molar-refractivity contribution in [1.82, 2.24) is 15.0 Å². The number of para-hydroxylation sites is 2. The van der Waals surface area contributed by atoms with Gasteiger partial charge in [0.05, 0.1) is 18.0 Å². The predicted molar refractivity (Wildman–Crippen MR) is 87.1 cm³/mol. The molecule has 2 rings (SSSR count). The van der Waals surface area contributed by atoms with E-state index < -0.39 is 0 Å². The second kappa shape index (κ2) is 7.12. The number of nitrogens with one attached hydrogen (secondary N) is 1. The minimum absolute atomic E-state index is 0.165. The Morgan fingerprint density at radius 2 is 2.05 bits per heavy atom. The van der Waals surface area contributed by atoms with Crippen LogP contribution in [0.5, 0.6) is 5.75 Å². The summed E-state index contributed by atoms with van der Waals surface area (Å²) in [5.74, 6) is 3.01. The van der Waals surface area contributed by atoms with Gasteiger partial charge in [0.25, 0.3) is 0 Å². The largest absolute Gasteiger partial charge is 0.495 e. The van der Waals surface area contributed by atoms with Gasteiger partial charge in [0.1, 0.15) is 11.6 Å². The normalized spacial score (nSPS) is 12.0. The Labute approximate surface area is 128 Å². The molecule has 1 atom stereocenters. The lowest BCUT2D eigenvalue weighted by molar-refractivity contribution is 0.417. The van der Waals surface area contributed by atoms with Gasteiger partial charge in [0.15, 0.2) is 0 Å². The van der Waals surface area contributed by atoms with E-state index in [4.69, 9.17) is 10.5 Å². The Bertz CT molecular complexity index is 608. The highest BCUT2D eigenvalue weighted by Gasteiger charge is 2.13. The van der Waals surface area contributed by atoms with E-state index in [0.29, 0.717) is 17.5 Å². The summed E-state index contributed by atoms with van der Waals surface area (Å²) in [6.07, 6.45) is 0. The van der Waals surface area contributed by atoms with Crippen LogP contribution in [0.2, 0.25) is 0 Å². The molecule has 0 amide bonds. The van der Waals surface area contributed by atoms with E-state index in [0.717, 1.165) is 11.4 Å². The molecule has 7 heteroatoms. The fourth-order valence-electron chi connectivity index (χ4n) is 1.84. The molecule has 0 unspecified atom stereocenters. The molecule has 0 aliphatic rings. The quantitative estimate of drug-likeness (QED) is 0.848. The third kappa shape index (κ3) is 3.98. The Balaban J connectivity index is 2.27. The van der Waals surface area contributed by atoms with Gasteiger partial charge >= 0.3 is 0 Å². The first-order chi connectivity index (χ1) is 10.1. The van der Waals surface area contributed by atoms with Crippen molar-refractivity contribution >= 4 is 29.3 Å². The van der Waals surface area contributed by atoms with Crippen molar-refractivity contribution in [3.8, 4) is 5.75 Å². The molecule has 1 aromatic carbocycles. The Kier molecular flexibility index (Phi) is 5.21. The van der Waals surface area contributed by atoms with E-state index >= 15 is 0 Å². The summed E-state index contributed by atoms with van der Waals surface area (Å²) in [5.41, 5.74) is 6.56. The molecule has 0 saturated carbocycles. The molecule has 0 radical (unpaired) electrons. The molecule has 2 aromatic rings. The van der Waals surface area contributed by atoms with Crippen molar-refractivity contribution in [2.45, 2.75) is 19.1 Å². The highest BCUT2D eigenvalue weighted by molar-refractivity contribution is 7.99. The van der Waals surface area contributed by atoms with Gasteiger partial charge in [0, 0.05) is 0 Å². The maximum absolute atomic E-state index is 5.77. The lowest BCUT2D eigenvalue weighted by Crippen LogP contribution is -2.08. The zero-order valence-electron chi connectivity index (χ0n) is 12.3. The summed E-state index contributed by atoms with van der Waals surface area (Å²) in [7, 11) is 1.62. The number of methoxy groups -OCH3 is 1. The molecule has 0 aliphatic carbocycles. The van der Waals surface area contributed by atoms with Crippen molar-refractivity contribution in [3.05, 3.63) is 30.1 Å². The number of ether oxygens (including phenoxy) is 1. The maximum atomic E-state index is 5.77. The molecule has 0 aliphatic heterocycles. The molecular weight excluding hydrogens is 286 g/mol. The molecule has 3 N–H and O–H groups in total. The number of anilines is 3.